The second kappa shape index (κ2) is 9.90. The van der Waals surface area contributed by atoms with Crippen molar-refractivity contribution < 1.29 is 14.0 Å². The van der Waals surface area contributed by atoms with E-state index in [1.807, 2.05) is 12.1 Å². The molecule has 2 amide bonds. The largest absolute Gasteiger partial charge is 0.321 e. The van der Waals surface area contributed by atoms with Crippen LogP contribution >= 0.6 is 23.4 Å². The zero-order valence-corrected chi connectivity index (χ0v) is 18.7. The molecule has 1 N–H and O–H groups in total. The first kappa shape index (κ1) is 22.6. The number of benzene rings is 3. The van der Waals surface area contributed by atoms with Gasteiger partial charge in [-0.25, -0.2) is 4.39 Å². The Morgan fingerprint density at radius 3 is 2.36 bits per heavy atom. The molecule has 3 aromatic carbocycles. The first-order valence-electron chi connectivity index (χ1n) is 9.97. The molecule has 1 fully saturated rings. The lowest BCUT2D eigenvalue weighted by atomic mass is 10.1. The maximum absolute atomic E-state index is 13.4. The molecule has 0 unspecified atom stereocenters. The molecule has 5 nitrogen and oxygen atoms in total. The molecule has 0 spiro atoms. The van der Waals surface area contributed by atoms with E-state index >= 15 is 0 Å². The smallest absolute Gasteiger partial charge is 0.269 e. The van der Waals surface area contributed by atoms with Gasteiger partial charge < -0.3 is 5.32 Å². The molecule has 1 saturated heterocycles. The van der Waals surface area contributed by atoms with Crippen LogP contribution in [0, 0.1) is 17.1 Å². The van der Waals surface area contributed by atoms with Crippen molar-refractivity contribution in [3.8, 4) is 6.07 Å². The lowest BCUT2D eigenvalue weighted by Crippen LogP contribution is -2.30. The molecule has 1 atom stereocenters. The molecule has 33 heavy (non-hydrogen) atoms. The Balaban J connectivity index is 1.72. The van der Waals surface area contributed by atoms with Gasteiger partial charge >= 0.3 is 0 Å². The summed E-state index contributed by atoms with van der Waals surface area (Å²) < 4.78 is 13.3. The predicted octanol–water partition coefficient (Wildman–Crippen LogP) is 5.54. The number of nitriles is 1. The fraction of sp³-hybridized carbons (Fsp3) is 0.0800. The van der Waals surface area contributed by atoms with E-state index in [1.54, 1.807) is 60.7 Å². The third-order valence-electron chi connectivity index (χ3n) is 4.96. The van der Waals surface area contributed by atoms with Crippen molar-refractivity contribution in [2.24, 2.45) is 0 Å². The molecule has 0 bridgehead atoms. The fourth-order valence-corrected chi connectivity index (χ4v) is 4.80. The molecule has 1 aliphatic heterocycles. The number of amides is 2. The number of nitrogens with one attached hydrogen (secondary N) is 1. The van der Waals surface area contributed by atoms with Gasteiger partial charge in [0.25, 0.3) is 5.91 Å². The van der Waals surface area contributed by atoms with E-state index < -0.39 is 11.2 Å². The van der Waals surface area contributed by atoms with Gasteiger partial charge in [-0.2, -0.15) is 5.26 Å². The zero-order valence-electron chi connectivity index (χ0n) is 17.2. The number of thioether (sulfide) groups is 1. The summed E-state index contributed by atoms with van der Waals surface area (Å²) in [6, 6.07) is 23.2. The van der Waals surface area contributed by atoms with Gasteiger partial charge in [0, 0.05) is 16.4 Å². The number of nitrogens with zero attached hydrogens (tertiary/aromatic N) is 2. The van der Waals surface area contributed by atoms with Gasteiger partial charge in [0.2, 0.25) is 5.91 Å². The quantitative estimate of drug-likeness (QED) is 0.386. The average molecular weight is 478 g/mol. The Hall–Kier alpha value is -3.60. The predicted molar refractivity (Wildman–Crippen MR) is 128 cm³/mol. The van der Waals surface area contributed by atoms with E-state index in [-0.39, 0.29) is 22.3 Å². The normalized spacial score (nSPS) is 16.9. The van der Waals surface area contributed by atoms with Crippen LogP contribution in [-0.2, 0) is 16.0 Å². The van der Waals surface area contributed by atoms with Crippen molar-refractivity contribution >= 4 is 46.6 Å². The van der Waals surface area contributed by atoms with Crippen LogP contribution in [0.15, 0.2) is 89.5 Å². The van der Waals surface area contributed by atoms with Gasteiger partial charge in [-0.3, -0.25) is 14.5 Å². The highest BCUT2D eigenvalue weighted by atomic mass is 35.5. The van der Waals surface area contributed by atoms with Crippen LogP contribution in [-0.4, -0.2) is 17.1 Å². The van der Waals surface area contributed by atoms with Gasteiger partial charge in [0.1, 0.15) is 22.5 Å². The van der Waals surface area contributed by atoms with Crippen LogP contribution in [0.2, 0.25) is 5.02 Å². The molecule has 0 aliphatic carbocycles. The SMILES string of the molecule is N#C/C(C(=O)Nc1ccccc1)=C1/S[C@@H](Cc2ccc(F)cc2)C(=O)N1c1ccc(Cl)cc1. The number of hydrogen-bond acceptors (Lipinski definition) is 4. The summed E-state index contributed by atoms with van der Waals surface area (Å²) in [5.41, 5.74) is 1.63. The van der Waals surface area contributed by atoms with Gasteiger partial charge in [0.05, 0.1) is 5.25 Å². The lowest BCUT2D eigenvalue weighted by molar-refractivity contribution is -0.117. The summed E-state index contributed by atoms with van der Waals surface area (Å²) in [5, 5.41) is 12.7. The van der Waals surface area contributed by atoms with Crippen molar-refractivity contribution in [3.05, 3.63) is 106 Å². The van der Waals surface area contributed by atoms with Crippen LogP contribution in [0.25, 0.3) is 0 Å². The first-order chi connectivity index (χ1) is 16.0. The maximum Gasteiger partial charge on any atom is 0.269 e. The Kier molecular flexibility index (Phi) is 6.78. The minimum atomic E-state index is -0.611. The van der Waals surface area contributed by atoms with Crippen LogP contribution in [0.5, 0.6) is 0 Å². The van der Waals surface area contributed by atoms with Crippen LogP contribution in [0.1, 0.15) is 5.56 Å². The molecular formula is C25H17ClFN3O2S. The Morgan fingerprint density at radius 1 is 1.06 bits per heavy atom. The minimum absolute atomic E-state index is 0.172. The fourth-order valence-electron chi connectivity index (χ4n) is 3.36. The van der Waals surface area contributed by atoms with Gasteiger partial charge in [-0.15, -0.1) is 0 Å². The molecule has 0 saturated carbocycles. The molecule has 4 rings (SSSR count). The number of hydrogen-bond donors (Lipinski definition) is 1. The molecule has 3 aromatic rings. The summed E-state index contributed by atoms with van der Waals surface area (Å²) in [5.74, 6) is -1.25. The Morgan fingerprint density at radius 2 is 1.73 bits per heavy atom. The summed E-state index contributed by atoms with van der Waals surface area (Å²) in [6.45, 7) is 0. The summed E-state index contributed by atoms with van der Waals surface area (Å²) in [7, 11) is 0. The number of para-hydroxylation sites is 1. The van der Waals surface area contributed by atoms with E-state index in [1.165, 1.54) is 17.0 Å². The first-order valence-corrected chi connectivity index (χ1v) is 11.2. The highest BCUT2D eigenvalue weighted by Gasteiger charge is 2.40. The van der Waals surface area contributed by atoms with Crippen molar-refractivity contribution in [2.45, 2.75) is 11.7 Å². The molecule has 8 heteroatoms. The standard InChI is InChI=1S/C25H17ClFN3O2S/c26-17-8-12-20(13-9-17)30-24(32)22(14-16-6-10-18(27)11-7-16)33-25(30)21(15-28)23(31)29-19-4-2-1-3-5-19/h1-13,22H,14H2,(H,29,31)/b25-21-/t22-/m0/s1. The van der Waals surface area contributed by atoms with Crippen molar-refractivity contribution in [3.63, 3.8) is 0 Å². The Bertz CT molecular complexity index is 1260. The third-order valence-corrected chi connectivity index (χ3v) is 6.47. The molecule has 1 heterocycles. The van der Waals surface area contributed by atoms with Gasteiger partial charge in [-0.1, -0.05) is 53.7 Å². The number of anilines is 2. The molecule has 164 valence electrons. The zero-order chi connectivity index (χ0) is 23.4. The topological polar surface area (TPSA) is 73.2 Å². The maximum atomic E-state index is 13.4. The molecular weight excluding hydrogens is 461 g/mol. The van der Waals surface area contributed by atoms with E-state index in [4.69, 9.17) is 11.6 Å². The van der Waals surface area contributed by atoms with Gasteiger partial charge in [0.15, 0.2) is 0 Å². The monoisotopic (exact) mass is 477 g/mol. The third kappa shape index (κ3) is 5.08. The summed E-state index contributed by atoms with van der Waals surface area (Å²) in [4.78, 5) is 27.7. The van der Waals surface area contributed by atoms with Crippen LogP contribution in [0.4, 0.5) is 15.8 Å². The van der Waals surface area contributed by atoms with Crippen LogP contribution < -0.4 is 10.2 Å². The van der Waals surface area contributed by atoms with Crippen molar-refractivity contribution in [1.29, 1.82) is 5.26 Å². The number of halogens is 2. The second-order valence-electron chi connectivity index (χ2n) is 7.20. The highest BCUT2D eigenvalue weighted by molar-refractivity contribution is 8.05. The van der Waals surface area contributed by atoms with E-state index in [2.05, 4.69) is 5.32 Å². The molecule has 0 aromatic heterocycles. The summed E-state index contributed by atoms with van der Waals surface area (Å²) >= 11 is 7.15. The van der Waals surface area contributed by atoms with Crippen LogP contribution in [0.3, 0.4) is 0 Å². The lowest BCUT2D eigenvalue weighted by Gasteiger charge is -2.18. The number of rotatable bonds is 5. The van der Waals surface area contributed by atoms with E-state index in [9.17, 15) is 19.2 Å². The molecule has 1 aliphatic rings. The van der Waals surface area contributed by atoms with Crippen molar-refractivity contribution in [2.75, 3.05) is 10.2 Å². The van der Waals surface area contributed by atoms with Gasteiger partial charge in [-0.05, 0) is 60.5 Å². The summed E-state index contributed by atoms with van der Waals surface area (Å²) in [6.07, 6.45) is 0.316. The van der Waals surface area contributed by atoms with E-state index in [0.29, 0.717) is 22.8 Å². The van der Waals surface area contributed by atoms with Crippen molar-refractivity contribution in [1.82, 2.24) is 0 Å². The second-order valence-corrected chi connectivity index (χ2v) is 8.83. The average Bonchev–Trinajstić information content (AvgIpc) is 3.12. The number of carbonyl (C=O) groups is 2. The highest BCUT2D eigenvalue weighted by Crippen LogP contribution is 2.42. The Labute approximate surface area is 199 Å². The minimum Gasteiger partial charge on any atom is -0.321 e. The molecule has 0 radical (unpaired) electrons. The number of carbonyl (C=O) groups excluding carboxylic acids is 2. The van der Waals surface area contributed by atoms with E-state index in [0.717, 1.165) is 17.3 Å².